The maximum absolute atomic E-state index is 13.2. The van der Waals surface area contributed by atoms with Gasteiger partial charge in [-0.15, -0.1) is 0 Å². The summed E-state index contributed by atoms with van der Waals surface area (Å²) in [4.78, 5) is 25.1. The number of amidine groups is 1. The van der Waals surface area contributed by atoms with Crippen LogP contribution in [0.2, 0.25) is 0 Å². The van der Waals surface area contributed by atoms with E-state index in [9.17, 15) is 31.1 Å². The molecular weight excluding hydrogens is 506 g/mol. The number of allylic oxidation sites excluding steroid dienone is 5. The van der Waals surface area contributed by atoms with Crippen LogP contribution in [0.4, 0.5) is 26.3 Å². The molecular formula is C23H22F6N6O2. The number of nitrogens with zero attached hydrogens (tertiary/aromatic N) is 5. The summed E-state index contributed by atoms with van der Waals surface area (Å²) in [7, 11) is 2.90. The van der Waals surface area contributed by atoms with Crippen LogP contribution in [0, 0.1) is 0 Å². The van der Waals surface area contributed by atoms with Crippen LogP contribution in [-0.4, -0.2) is 85.3 Å². The predicted octanol–water partition coefficient (Wildman–Crippen LogP) is 3.03. The minimum atomic E-state index is -4.67. The molecule has 0 saturated carbocycles. The molecule has 198 valence electrons. The van der Waals surface area contributed by atoms with Gasteiger partial charge in [-0.25, -0.2) is 4.99 Å². The number of nitrogens with two attached hydrogens (primary N) is 1. The van der Waals surface area contributed by atoms with Crippen LogP contribution in [-0.2, 0) is 9.53 Å². The summed E-state index contributed by atoms with van der Waals surface area (Å²) in [6.45, 7) is -0.0751. The van der Waals surface area contributed by atoms with Gasteiger partial charge in [-0.1, -0.05) is 0 Å². The largest absolute Gasteiger partial charge is 0.451 e. The molecule has 3 atom stereocenters. The van der Waals surface area contributed by atoms with Gasteiger partial charge in [0.25, 0.3) is 0 Å². The number of hydrogen-bond acceptors (Lipinski definition) is 8. The fourth-order valence-corrected chi connectivity index (χ4v) is 4.13. The van der Waals surface area contributed by atoms with Crippen LogP contribution in [0.5, 0.6) is 0 Å². The zero-order valence-corrected chi connectivity index (χ0v) is 19.6. The Morgan fingerprint density at radius 1 is 1.14 bits per heavy atom. The Hall–Kier alpha value is -3.68. The van der Waals surface area contributed by atoms with Gasteiger partial charge in [0.2, 0.25) is 12.0 Å². The normalized spacial score (nSPS) is 27.9. The Bertz CT molecular complexity index is 1220. The lowest BCUT2D eigenvalue weighted by Gasteiger charge is -2.31. The maximum atomic E-state index is 13.2. The Kier molecular flexibility index (Phi) is 6.88. The fourth-order valence-electron chi connectivity index (χ4n) is 4.13. The van der Waals surface area contributed by atoms with Gasteiger partial charge >= 0.3 is 12.4 Å². The van der Waals surface area contributed by atoms with Gasteiger partial charge < -0.3 is 20.3 Å². The number of aldehydes is 1. The first kappa shape index (κ1) is 26.4. The lowest BCUT2D eigenvalue weighted by Crippen LogP contribution is -2.42. The first-order chi connectivity index (χ1) is 17.3. The van der Waals surface area contributed by atoms with Gasteiger partial charge in [-0.3, -0.25) is 14.8 Å². The van der Waals surface area contributed by atoms with Crippen LogP contribution < -0.4 is 5.73 Å². The minimum absolute atomic E-state index is 0.0751. The van der Waals surface area contributed by atoms with Crippen molar-refractivity contribution in [2.75, 3.05) is 20.6 Å². The van der Waals surface area contributed by atoms with Gasteiger partial charge in [0, 0.05) is 67.2 Å². The summed E-state index contributed by atoms with van der Waals surface area (Å²) >= 11 is 0. The molecule has 37 heavy (non-hydrogen) atoms. The molecule has 0 amide bonds. The van der Waals surface area contributed by atoms with E-state index < -0.39 is 36.7 Å². The highest BCUT2D eigenvalue weighted by molar-refractivity contribution is 6.07. The molecule has 4 heterocycles. The van der Waals surface area contributed by atoms with E-state index in [2.05, 4.69) is 15.0 Å². The average molecular weight is 528 g/mol. The first-order valence-corrected chi connectivity index (χ1v) is 11.0. The Morgan fingerprint density at radius 2 is 1.86 bits per heavy atom. The molecule has 8 nitrogen and oxygen atoms in total. The van der Waals surface area contributed by atoms with E-state index in [0.717, 1.165) is 11.1 Å². The Morgan fingerprint density at radius 3 is 2.51 bits per heavy atom. The van der Waals surface area contributed by atoms with E-state index in [1.165, 1.54) is 37.4 Å². The topological polar surface area (TPSA) is 99.2 Å². The molecule has 4 aliphatic rings. The average Bonchev–Trinajstić information content (AvgIpc) is 3.62. The zero-order chi connectivity index (χ0) is 27.1. The van der Waals surface area contributed by atoms with Crippen molar-refractivity contribution in [3.63, 3.8) is 0 Å². The van der Waals surface area contributed by atoms with Gasteiger partial charge in [-0.05, 0) is 30.4 Å². The summed E-state index contributed by atoms with van der Waals surface area (Å²) in [5.41, 5.74) is 7.48. The number of aliphatic imine (C=N–C) groups is 3. The number of epoxide rings is 1. The number of likely N-dealkylation sites (N-methyl/N-ethyl adjacent to an activating group) is 2. The third kappa shape index (κ3) is 5.38. The summed E-state index contributed by atoms with van der Waals surface area (Å²) in [5, 5.41) is 0. The molecule has 3 unspecified atom stereocenters. The summed E-state index contributed by atoms with van der Waals surface area (Å²) in [5.74, 6) is -1.22. The van der Waals surface area contributed by atoms with Crippen LogP contribution in [0.3, 0.4) is 0 Å². The van der Waals surface area contributed by atoms with Crippen LogP contribution in [0.25, 0.3) is 0 Å². The van der Waals surface area contributed by atoms with Crippen molar-refractivity contribution >= 4 is 24.0 Å². The standard InChI is InChI=1S/C23H22F6N6O2/c1-34-13(8-10-32-21(34)23(27,28)29)4-5-15(30)17-14(11-36)16(35(2)19-18(17)37-19)6-3-12-7-9-31-20(33-12)22(24,25)26/h3-6,8,10-11,18-19,21H,7,9,30H2,1-2H3/b5-4+,6-3+,17-15+. The fraction of sp³-hybridized carbons (Fsp3) is 0.391. The van der Waals surface area contributed by atoms with Crippen molar-refractivity contribution in [2.45, 2.75) is 37.3 Å². The summed E-state index contributed by atoms with van der Waals surface area (Å²) < 4.78 is 84.1. The molecule has 0 bridgehead atoms. The Balaban J connectivity index is 1.64. The highest BCUT2D eigenvalue weighted by atomic mass is 19.4. The second kappa shape index (κ2) is 9.65. The van der Waals surface area contributed by atoms with Crippen molar-refractivity contribution in [3.05, 3.63) is 58.6 Å². The maximum Gasteiger partial charge on any atom is 0.451 e. The quantitative estimate of drug-likeness (QED) is 0.336. The summed E-state index contributed by atoms with van der Waals surface area (Å²) in [6, 6.07) is 0. The Labute approximate surface area is 207 Å². The van der Waals surface area contributed by atoms with E-state index in [0.29, 0.717) is 17.6 Å². The third-order valence-electron chi connectivity index (χ3n) is 6.05. The SMILES string of the molecule is CN1C(/C=C/C2=NC(C(F)(F)F)=NCC2)=C(C=O)C(=C(N)/C=C/C2=CC=NC(C(F)(F)F)N2C)/C2OC21. The van der Waals surface area contributed by atoms with Crippen molar-refractivity contribution < 1.29 is 35.9 Å². The smallest absolute Gasteiger partial charge is 0.398 e. The van der Waals surface area contributed by atoms with E-state index in [1.807, 2.05) is 0 Å². The monoisotopic (exact) mass is 528 g/mol. The van der Waals surface area contributed by atoms with Gasteiger partial charge in [0.15, 0.2) is 12.5 Å². The van der Waals surface area contributed by atoms with Crippen molar-refractivity contribution in [2.24, 2.45) is 20.7 Å². The highest BCUT2D eigenvalue weighted by Crippen LogP contribution is 2.43. The third-order valence-corrected chi connectivity index (χ3v) is 6.05. The van der Waals surface area contributed by atoms with Crippen LogP contribution in [0.15, 0.2) is 73.6 Å². The number of alkyl halides is 6. The molecule has 4 aliphatic heterocycles. The number of fused-ring (bicyclic) bond motifs is 1. The molecule has 14 heteroatoms. The first-order valence-electron chi connectivity index (χ1n) is 11.0. The molecule has 0 aromatic rings. The molecule has 0 spiro atoms. The van der Waals surface area contributed by atoms with Gasteiger partial charge in [-0.2, -0.15) is 26.3 Å². The molecule has 1 fully saturated rings. The second-order valence-corrected chi connectivity index (χ2v) is 8.48. The van der Waals surface area contributed by atoms with Crippen molar-refractivity contribution in [1.82, 2.24) is 9.80 Å². The van der Waals surface area contributed by atoms with Crippen molar-refractivity contribution in [1.29, 1.82) is 0 Å². The van der Waals surface area contributed by atoms with Crippen LogP contribution in [0.1, 0.15) is 6.42 Å². The number of hydrogen-bond donors (Lipinski definition) is 1. The molecule has 0 aromatic heterocycles. The van der Waals surface area contributed by atoms with Crippen molar-refractivity contribution in [3.8, 4) is 0 Å². The number of rotatable bonds is 5. The lowest BCUT2D eigenvalue weighted by molar-refractivity contribution is -0.173. The zero-order valence-electron chi connectivity index (χ0n) is 19.6. The van der Waals surface area contributed by atoms with Gasteiger partial charge in [0.1, 0.15) is 6.10 Å². The van der Waals surface area contributed by atoms with E-state index >= 15 is 0 Å². The summed E-state index contributed by atoms with van der Waals surface area (Å²) in [6.07, 6.45) is -3.56. The van der Waals surface area contributed by atoms with Gasteiger partial charge in [0.05, 0.1) is 0 Å². The molecule has 2 N–H and O–H groups in total. The molecule has 0 aromatic carbocycles. The number of ether oxygens (including phenoxy) is 1. The van der Waals surface area contributed by atoms with E-state index in [1.54, 1.807) is 11.9 Å². The lowest BCUT2D eigenvalue weighted by atomic mass is 9.94. The molecule has 0 aliphatic carbocycles. The predicted molar refractivity (Wildman–Crippen MR) is 124 cm³/mol. The van der Waals surface area contributed by atoms with E-state index in [-0.39, 0.29) is 35.6 Å². The minimum Gasteiger partial charge on any atom is -0.398 e. The molecule has 4 rings (SSSR count). The number of halogens is 6. The van der Waals surface area contributed by atoms with E-state index in [4.69, 9.17) is 10.5 Å². The number of carbonyl (C=O) groups is 1. The molecule has 0 radical (unpaired) electrons. The second-order valence-electron chi connectivity index (χ2n) is 8.48. The molecule has 1 saturated heterocycles. The highest BCUT2D eigenvalue weighted by Gasteiger charge is 2.51. The van der Waals surface area contributed by atoms with Crippen LogP contribution >= 0.6 is 0 Å². The number of carbonyl (C=O) groups excluding carboxylic acids is 1.